The van der Waals surface area contributed by atoms with Gasteiger partial charge in [0.2, 0.25) is 0 Å². The Morgan fingerprint density at radius 3 is 3.00 bits per heavy atom. The van der Waals surface area contributed by atoms with Gasteiger partial charge < -0.3 is 0 Å². The summed E-state index contributed by atoms with van der Waals surface area (Å²) in [5.41, 5.74) is 3.08. The minimum absolute atomic E-state index is 0.798. The molecule has 14 heavy (non-hydrogen) atoms. The summed E-state index contributed by atoms with van der Waals surface area (Å²) in [4.78, 5) is 4.51. The van der Waals surface area contributed by atoms with E-state index in [0.29, 0.717) is 0 Å². The minimum Gasteiger partial charge on any atom is -0.296 e. The van der Waals surface area contributed by atoms with Gasteiger partial charge in [-0.1, -0.05) is 25.6 Å². The van der Waals surface area contributed by atoms with E-state index in [0.717, 1.165) is 34.5 Å². The smallest absolute Gasteiger partial charge is 0.154 e. The number of aromatic amines is 1. The van der Waals surface area contributed by atoms with Crippen molar-refractivity contribution in [1.29, 1.82) is 0 Å². The van der Waals surface area contributed by atoms with Gasteiger partial charge in [0.05, 0.1) is 0 Å². The maximum atomic E-state index is 5.26. The van der Waals surface area contributed by atoms with E-state index in [1.807, 2.05) is 23.6 Å². The fourth-order valence-electron chi connectivity index (χ4n) is 1.55. The molecule has 0 radical (unpaired) electrons. The van der Waals surface area contributed by atoms with Gasteiger partial charge in [0.15, 0.2) is 5.65 Å². The van der Waals surface area contributed by atoms with E-state index >= 15 is 0 Å². The lowest BCUT2D eigenvalue weighted by Crippen LogP contribution is -1.96. The van der Waals surface area contributed by atoms with Gasteiger partial charge >= 0.3 is 0 Å². The molecule has 0 aliphatic heterocycles. The van der Waals surface area contributed by atoms with Crippen molar-refractivity contribution in [3.63, 3.8) is 0 Å². The number of aryl methyl sites for hydroxylation is 2. The van der Waals surface area contributed by atoms with Gasteiger partial charge in [-0.25, -0.2) is 9.50 Å². The molecule has 0 bridgehead atoms. The highest BCUT2D eigenvalue weighted by molar-refractivity contribution is 7.71. The Kier molecular flexibility index (Phi) is 2.37. The lowest BCUT2D eigenvalue weighted by atomic mass is 10.2. The molecule has 0 unspecified atom stereocenters. The van der Waals surface area contributed by atoms with E-state index in [2.05, 4.69) is 17.0 Å². The van der Waals surface area contributed by atoms with Crippen molar-refractivity contribution in [2.45, 2.75) is 26.7 Å². The zero-order valence-corrected chi connectivity index (χ0v) is 9.19. The van der Waals surface area contributed by atoms with Crippen LogP contribution in [-0.2, 0) is 6.42 Å². The van der Waals surface area contributed by atoms with E-state index < -0.39 is 0 Å². The van der Waals surface area contributed by atoms with Crippen molar-refractivity contribution in [2.75, 3.05) is 0 Å². The monoisotopic (exact) mass is 207 g/mol. The average Bonchev–Trinajstić information content (AvgIpc) is 2.47. The fourth-order valence-corrected chi connectivity index (χ4v) is 1.82. The van der Waals surface area contributed by atoms with Gasteiger partial charge in [-0.2, -0.15) is 0 Å². The van der Waals surface area contributed by atoms with Crippen molar-refractivity contribution >= 4 is 17.9 Å². The first-order chi connectivity index (χ1) is 6.70. The van der Waals surface area contributed by atoms with Crippen LogP contribution in [0.15, 0.2) is 12.1 Å². The van der Waals surface area contributed by atoms with E-state index in [1.54, 1.807) is 0 Å². The van der Waals surface area contributed by atoms with Crippen molar-refractivity contribution in [2.24, 2.45) is 0 Å². The van der Waals surface area contributed by atoms with Crippen LogP contribution in [0, 0.1) is 11.6 Å². The van der Waals surface area contributed by atoms with Crippen LogP contribution in [-0.4, -0.2) is 14.6 Å². The lowest BCUT2D eigenvalue weighted by Gasteiger charge is -1.99. The van der Waals surface area contributed by atoms with Crippen LogP contribution < -0.4 is 0 Å². The van der Waals surface area contributed by atoms with Gasteiger partial charge in [-0.3, -0.25) is 5.10 Å². The zero-order valence-electron chi connectivity index (χ0n) is 8.37. The summed E-state index contributed by atoms with van der Waals surface area (Å²) in [5.74, 6) is 0. The molecule has 1 N–H and O–H groups in total. The van der Waals surface area contributed by atoms with Gasteiger partial charge in [-0.05, 0) is 19.4 Å². The van der Waals surface area contributed by atoms with Crippen molar-refractivity contribution in [1.82, 2.24) is 14.6 Å². The molecular formula is C10H13N3S. The Balaban J connectivity index is 2.65. The molecule has 2 aromatic rings. The van der Waals surface area contributed by atoms with Crippen molar-refractivity contribution in [3.05, 3.63) is 28.2 Å². The van der Waals surface area contributed by atoms with E-state index in [9.17, 15) is 0 Å². The summed E-state index contributed by atoms with van der Waals surface area (Å²) >= 11 is 5.26. The summed E-state index contributed by atoms with van der Waals surface area (Å²) in [6.45, 7) is 4.15. The standard InChI is InChI=1S/C10H13N3S/c1-3-4-8-6-10(14)13-9(11-8)5-7(2)12-13/h5-6,12H,3-4H2,1-2H3. The summed E-state index contributed by atoms with van der Waals surface area (Å²) in [6.07, 6.45) is 2.09. The third-order valence-electron chi connectivity index (χ3n) is 2.14. The number of H-pyrrole nitrogens is 1. The largest absolute Gasteiger partial charge is 0.296 e. The molecular weight excluding hydrogens is 194 g/mol. The Labute approximate surface area is 87.8 Å². The highest BCUT2D eigenvalue weighted by Crippen LogP contribution is 2.07. The van der Waals surface area contributed by atoms with Crippen molar-refractivity contribution < 1.29 is 0 Å². The minimum atomic E-state index is 0.798. The summed E-state index contributed by atoms with van der Waals surface area (Å²) in [7, 11) is 0. The quantitative estimate of drug-likeness (QED) is 0.768. The van der Waals surface area contributed by atoms with Gasteiger partial charge in [-0.15, -0.1) is 0 Å². The van der Waals surface area contributed by atoms with Crippen LogP contribution in [0.4, 0.5) is 0 Å². The summed E-state index contributed by atoms with van der Waals surface area (Å²) in [5, 5.41) is 3.15. The third-order valence-corrected chi connectivity index (χ3v) is 2.44. The molecule has 0 atom stereocenters. The summed E-state index contributed by atoms with van der Waals surface area (Å²) in [6, 6.07) is 3.97. The molecule has 0 aliphatic carbocycles. The molecule has 0 fully saturated rings. The van der Waals surface area contributed by atoms with E-state index in [4.69, 9.17) is 12.2 Å². The molecule has 2 heterocycles. The Bertz CT molecular complexity index is 510. The molecule has 0 aromatic carbocycles. The van der Waals surface area contributed by atoms with Crippen LogP contribution in [0.5, 0.6) is 0 Å². The highest BCUT2D eigenvalue weighted by Gasteiger charge is 2.01. The number of nitrogens with one attached hydrogen (secondary N) is 1. The lowest BCUT2D eigenvalue weighted by molar-refractivity contribution is 0.846. The Morgan fingerprint density at radius 2 is 2.29 bits per heavy atom. The molecule has 0 saturated heterocycles. The molecule has 0 saturated carbocycles. The first kappa shape index (κ1) is 9.40. The Hall–Kier alpha value is -1.16. The van der Waals surface area contributed by atoms with Crippen LogP contribution in [0.2, 0.25) is 0 Å². The first-order valence-corrected chi connectivity index (χ1v) is 5.20. The van der Waals surface area contributed by atoms with Crippen LogP contribution in [0.25, 0.3) is 5.65 Å². The van der Waals surface area contributed by atoms with Crippen LogP contribution in [0.1, 0.15) is 24.7 Å². The molecule has 74 valence electrons. The molecule has 2 aromatic heterocycles. The number of rotatable bonds is 2. The number of aromatic nitrogens is 3. The predicted molar refractivity (Wildman–Crippen MR) is 59.1 cm³/mol. The first-order valence-electron chi connectivity index (χ1n) is 4.79. The fraction of sp³-hybridized carbons (Fsp3) is 0.400. The molecule has 0 aliphatic rings. The molecule has 0 amide bonds. The molecule has 4 heteroatoms. The number of fused-ring (bicyclic) bond motifs is 1. The number of hydrogen-bond acceptors (Lipinski definition) is 2. The van der Waals surface area contributed by atoms with Gasteiger partial charge in [0.1, 0.15) is 4.64 Å². The maximum Gasteiger partial charge on any atom is 0.154 e. The second-order valence-electron chi connectivity index (χ2n) is 3.47. The second kappa shape index (κ2) is 3.53. The predicted octanol–water partition coefficient (Wildman–Crippen LogP) is 2.65. The topological polar surface area (TPSA) is 33.1 Å². The second-order valence-corrected chi connectivity index (χ2v) is 3.89. The molecule has 2 rings (SSSR count). The van der Waals surface area contributed by atoms with Gasteiger partial charge in [0.25, 0.3) is 0 Å². The average molecular weight is 207 g/mol. The molecule has 3 nitrogen and oxygen atoms in total. The SMILES string of the molecule is CCCc1cc(=S)n2[nH]c(C)cc2n1. The number of nitrogens with zero attached hydrogens (tertiary/aromatic N) is 2. The highest BCUT2D eigenvalue weighted by atomic mass is 32.1. The van der Waals surface area contributed by atoms with Crippen molar-refractivity contribution in [3.8, 4) is 0 Å². The number of hydrogen-bond donors (Lipinski definition) is 1. The van der Waals surface area contributed by atoms with E-state index in [1.165, 1.54) is 0 Å². The van der Waals surface area contributed by atoms with E-state index in [-0.39, 0.29) is 0 Å². The van der Waals surface area contributed by atoms with Gasteiger partial charge in [0, 0.05) is 17.5 Å². The maximum absolute atomic E-state index is 5.26. The van der Waals surface area contributed by atoms with Crippen LogP contribution in [0.3, 0.4) is 0 Å². The zero-order chi connectivity index (χ0) is 10.1. The normalized spacial score (nSPS) is 11.0. The summed E-state index contributed by atoms with van der Waals surface area (Å²) < 4.78 is 2.63. The van der Waals surface area contributed by atoms with Crippen LogP contribution >= 0.6 is 12.2 Å². The molecule has 0 spiro atoms. The third kappa shape index (κ3) is 1.57. The Morgan fingerprint density at radius 1 is 1.50 bits per heavy atom.